The van der Waals surface area contributed by atoms with E-state index in [1.54, 1.807) is 19.1 Å². The van der Waals surface area contributed by atoms with Gasteiger partial charge in [-0.25, -0.2) is 4.79 Å². The predicted molar refractivity (Wildman–Crippen MR) is 92.1 cm³/mol. The average molecular weight is 386 g/mol. The lowest BCUT2D eigenvalue weighted by Crippen LogP contribution is -2.23. The van der Waals surface area contributed by atoms with Crippen molar-refractivity contribution in [2.75, 3.05) is 0 Å². The number of halogens is 2. The standard InChI is InChI=1S/C16H13Cl2NO6/c1-8-3-5-11(17)15(14(8)18)25-10-4-6-12(19(22)23)13(7-10)24-9(2)16(20)21/h3-7,9H,1-2H3,(H,20,21). The van der Waals surface area contributed by atoms with Crippen LogP contribution in [0.2, 0.25) is 10.0 Å². The first-order valence-corrected chi connectivity index (χ1v) is 7.76. The highest BCUT2D eigenvalue weighted by Gasteiger charge is 2.22. The second-order valence-electron chi connectivity index (χ2n) is 5.09. The number of carboxylic acid groups (broad SMARTS) is 1. The van der Waals surface area contributed by atoms with Crippen molar-refractivity contribution in [3.05, 3.63) is 56.1 Å². The Morgan fingerprint density at radius 3 is 2.56 bits per heavy atom. The molecule has 7 nitrogen and oxygen atoms in total. The lowest BCUT2D eigenvalue weighted by atomic mass is 10.2. The van der Waals surface area contributed by atoms with Crippen molar-refractivity contribution in [3.63, 3.8) is 0 Å². The summed E-state index contributed by atoms with van der Waals surface area (Å²) < 4.78 is 10.8. The number of nitro groups is 1. The first-order chi connectivity index (χ1) is 11.7. The number of aliphatic carboxylic acids is 1. The molecule has 1 N–H and O–H groups in total. The van der Waals surface area contributed by atoms with Crippen molar-refractivity contribution in [2.45, 2.75) is 20.0 Å². The maximum atomic E-state index is 11.1. The second-order valence-corrected chi connectivity index (χ2v) is 5.88. The molecule has 0 radical (unpaired) electrons. The lowest BCUT2D eigenvalue weighted by molar-refractivity contribution is -0.386. The van der Waals surface area contributed by atoms with Gasteiger partial charge in [-0.3, -0.25) is 10.1 Å². The zero-order valence-electron chi connectivity index (χ0n) is 13.2. The van der Waals surface area contributed by atoms with Crippen LogP contribution in [0.3, 0.4) is 0 Å². The molecule has 25 heavy (non-hydrogen) atoms. The summed E-state index contributed by atoms with van der Waals surface area (Å²) in [4.78, 5) is 21.3. The van der Waals surface area contributed by atoms with Crippen molar-refractivity contribution in [1.82, 2.24) is 0 Å². The second kappa shape index (κ2) is 7.58. The number of hydrogen-bond donors (Lipinski definition) is 1. The Kier molecular flexibility index (Phi) is 5.71. The van der Waals surface area contributed by atoms with Gasteiger partial charge in [-0.15, -0.1) is 0 Å². The molecule has 0 aliphatic rings. The van der Waals surface area contributed by atoms with Gasteiger partial charge in [-0.1, -0.05) is 29.3 Å². The van der Waals surface area contributed by atoms with Crippen molar-refractivity contribution < 1.29 is 24.3 Å². The highest BCUT2D eigenvalue weighted by molar-refractivity contribution is 6.37. The zero-order valence-corrected chi connectivity index (χ0v) is 14.7. The molecule has 0 spiro atoms. The number of hydrogen-bond acceptors (Lipinski definition) is 5. The van der Waals surface area contributed by atoms with Gasteiger partial charge in [0.2, 0.25) is 5.75 Å². The van der Waals surface area contributed by atoms with Crippen LogP contribution in [0.5, 0.6) is 17.2 Å². The number of rotatable bonds is 6. The summed E-state index contributed by atoms with van der Waals surface area (Å²) in [6.45, 7) is 3.03. The molecule has 0 heterocycles. The molecule has 0 saturated heterocycles. The summed E-state index contributed by atoms with van der Waals surface area (Å²) in [5, 5.41) is 20.6. The smallest absolute Gasteiger partial charge is 0.344 e. The van der Waals surface area contributed by atoms with E-state index in [9.17, 15) is 14.9 Å². The number of ether oxygens (including phenoxy) is 2. The molecule has 9 heteroatoms. The number of carbonyl (C=O) groups is 1. The van der Waals surface area contributed by atoms with Gasteiger partial charge in [0.25, 0.3) is 0 Å². The Hall–Kier alpha value is -2.51. The fraction of sp³-hybridized carbons (Fsp3) is 0.188. The summed E-state index contributed by atoms with van der Waals surface area (Å²) in [5.41, 5.74) is 0.348. The average Bonchev–Trinajstić information content (AvgIpc) is 2.55. The van der Waals surface area contributed by atoms with Crippen LogP contribution in [-0.2, 0) is 4.79 Å². The summed E-state index contributed by atoms with van der Waals surface area (Å²) >= 11 is 12.2. The number of nitro benzene ring substituents is 1. The van der Waals surface area contributed by atoms with E-state index in [0.717, 1.165) is 11.6 Å². The molecule has 132 valence electrons. The minimum Gasteiger partial charge on any atom is -0.479 e. The monoisotopic (exact) mass is 385 g/mol. The maximum absolute atomic E-state index is 11.1. The summed E-state index contributed by atoms with van der Waals surface area (Å²) in [7, 11) is 0. The van der Waals surface area contributed by atoms with Crippen LogP contribution in [0.4, 0.5) is 5.69 Å². The minimum absolute atomic E-state index is 0.160. The van der Waals surface area contributed by atoms with Crippen LogP contribution in [0.1, 0.15) is 12.5 Å². The molecular weight excluding hydrogens is 373 g/mol. The first-order valence-electron chi connectivity index (χ1n) is 7.01. The van der Waals surface area contributed by atoms with Crippen molar-refractivity contribution in [3.8, 4) is 17.2 Å². The third-order valence-electron chi connectivity index (χ3n) is 3.24. The number of carboxylic acids is 1. The molecule has 1 atom stereocenters. The van der Waals surface area contributed by atoms with Gasteiger partial charge < -0.3 is 14.6 Å². The van der Waals surface area contributed by atoms with E-state index in [2.05, 4.69) is 0 Å². The fourth-order valence-electron chi connectivity index (χ4n) is 1.89. The fourth-order valence-corrected chi connectivity index (χ4v) is 2.33. The molecule has 0 aliphatic heterocycles. The molecular formula is C16H13Cl2NO6. The van der Waals surface area contributed by atoms with E-state index >= 15 is 0 Å². The molecule has 2 rings (SSSR count). The van der Waals surface area contributed by atoms with Gasteiger partial charge in [0.15, 0.2) is 11.9 Å². The van der Waals surface area contributed by atoms with E-state index in [1.165, 1.54) is 19.1 Å². The summed E-state index contributed by atoms with van der Waals surface area (Å²) in [6, 6.07) is 7.03. The molecule has 0 fully saturated rings. The quantitative estimate of drug-likeness (QED) is 0.563. The first kappa shape index (κ1) is 18.8. The number of aryl methyl sites for hydroxylation is 1. The largest absolute Gasteiger partial charge is 0.479 e. The van der Waals surface area contributed by atoms with E-state index < -0.39 is 17.0 Å². The topological polar surface area (TPSA) is 98.9 Å². The Labute approximate surface area is 152 Å². The van der Waals surface area contributed by atoms with E-state index in [4.69, 9.17) is 37.8 Å². The van der Waals surface area contributed by atoms with Gasteiger partial charge in [0.05, 0.1) is 15.0 Å². The van der Waals surface area contributed by atoms with Crippen LogP contribution in [0.15, 0.2) is 30.3 Å². The van der Waals surface area contributed by atoms with Gasteiger partial charge in [0, 0.05) is 12.1 Å². The molecule has 0 saturated carbocycles. The van der Waals surface area contributed by atoms with Crippen molar-refractivity contribution in [1.29, 1.82) is 0 Å². The molecule has 0 amide bonds. The normalized spacial score (nSPS) is 11.7. The van der Waals surface area contributed by atoms with Gasteiger partial charge in [-0.05, 0) is 31.5 Å². The van der Waals surface area contributed by atoms with Crippen LogP contribution >= 0.6 is 23.2 Å². The molecule has 0 aromatic heterocycles. The van der Waals surface area contributed by atoms with Gasteiger partial charge in [-0.2, -0.15) is 0 Å². The van der Waals surface area contributed by atoms with Crippen LogP contribution < -0.4 is 9.47 Å². The van der Waals surface area contributed by atoms with E-state index in [0.29, 0.717) is 5.02 Å². The molecule has 2 aromatic rings. The van der Waals surface area contributed by atoms with Crippen LogP contribution in [-0.4, -0.2) is 22.1 Å². The maximum Gasteiger partial charge on any atom is 0.344 e. The lowest BCUT2D eigenvalue weighted by Gasteiger charge is -2.14. The SMILES string of the molecule is Cc1ccc(Cl)c(Oc2ccc([N+](=O)[O-])c(OC(C)C(=O)O)c2)c1Cl. The van der Waals surface area contributed by atoms with Crippen molar-refractivity contribution in [2.24, 2.45) is 0 Å². The van der Waals surface area contributed by atoms with Crippen LogP contribution in [0, 0.1) is 17.0 Å². The molecule has 2 aromatic carbocycles. The van der Waals surface area contributed by atoms with Crippen LogP contribution in [0.25, 0.3) is 0 Å². The Balaban J connectivity index is 2.42. The zero-order chi connectivity index (χ0) is 18.7. The minimum atomic E-state index is -1.28. The third kappa shape index (κ3) is 4.32. The highest BCUT2D eigenvalue weighted by atomic mass is 35.5. The number of benzene rings is 2. The van der Waals surface area contributed by atoms with Gasteiger partial charge >= 0.3 is 11.7 Å². The Morgan fingerprint density at radius 2 is 1.96 bits per heavy atom. The van der Waals surface area contributed by atoms with Crippen molar-refractivity contribution >= 4 is 34.9 Å². The Morgan fingerprint density at radius 1 is 1.28 bits per heavy atom. The Bertz CT molecular complexity index is 840. The van der Waals surface area contributed by atoms with Gasteiger partial charge in [0.1, 0.15) is 5.75 Å². The highest BCUT2D eigenvalue weighted by Crippen LogP contribution is 2.40. The summed E-state index contributed by atoms with van der Waals surface area (Å²) in [5.74, 6) is -1.15. The molecule has 0 bridgehead atoms. The third-order valence-corrected chi connectivity index (χ3v) is 4.01. The summed E-state index contributed by atoms with van der Waals surface area (Å²) in [6.07, 6.45) is -1.28. The molecule has 0 aliphatic carbocycles. The predicted octanol–water partition coefficient (Wildman–Crippen LogP) is 4.85. The number of nitrogens with zero attached hydrogens (tertiary/aromatic N) is 1. The van der Waals surface area contributed by atoms with E-state index in [1.807, 2.05) is 0 Å². The van der Waals surface area contributed by atoms with E-state index in [-0.39, 0.29) is 28.0 Å². The molecule has 1 unspecified atom stereocenters.